The van der Waals surface area contributed by atoms with Gasteiger partial charge in [0.1, 0.15) is 10.6 Å². The standard InChI is InChI=1S/C11H12N4O3S/c1-6-9(11(17)18)10(19-14-6)15(2)8(16)5-7-3-4-12-13-7/h3-4H,5H2,1-2H3,(H,12,13)(H,17,18). The summed E-state index contributed by atoms with van der Waals surface area (Å²) in [7, 11) is 1.54. The molecule has 19 heavy (non-hydrogen) atoms. The molecule has 0 aliphatic heterocycles. The molecule has 0 aliphatic carbocycles. The highest BCUT2D eigenvalue weighted by Gasteiger charge is 2.24. The van der Waals surface area contributed by atoms with Crippen LogP contribution in [0.4, 0.5) is 5.00 Å². The number of aromatic carboxylic acids is 1. The molecule has 0 bridgehead atoms. The number of carbonyl (C=O) groups excluding carboxylic acids is 1. The molecule has 0 aromatic carbocycles. The number of nitrogens with one attached hydrogen (secondary N) is 1. The van der Waals surface area contributed by atoms with Gasteiger partial charge in [-0.25, -0.2) is 4.79 Å². The Morgan fingerprint density at radius 3 is 2.84 bits per heavy atom. The summed E-state index contributed by atoms with van der Waals surface area (Å²) in [6.45, 7) is 1.61. The van der Waals surface area contributed by atoms with Crippen molar-refractivity contribution in [3.8, 4) is 0 Å². The van der Waals surface area contributed by atoms with Gasteiger partial charge >= 0.3 is 5.97 Å². The van der Waals surface area contributed by atoms with E-state index in [0.29, 0.717) is 16.4 Å². The summed E-state index contributed by atoms with van der Waals surface area (Å²) >= 11 is 1.00. The molecule has 0 unspecified atom stereocenters. The number of H-pyrrole nitrogens is 1. The number of rotatable bonds is 4. The maximum absolute atomic E-state index is 12.1. The third-order valence-electron chi connectivity index (χ3n) is 2.64. The monoisotopic (exact) mass is 280 g/mol. The Morgan fingerprint density at radius 1 is 1.53 bits per heavy atom. The third kappa shape index (κ3) is 2.63. The van der Waals surface area contributed by atoms with Crippen LogP contribution in [0.15, 0.2) is 12.3 Å². The van der Waals surface area contributed by atoms with E-state index in [1.807, 2.05) is 0 Å². The molecule has 0 saturated carbocycles. The highest BCUT2D eigenvalue weighted by atomic mass is 32.1. The number of carboxylic acids is 1. The number of anilines is 1. The van der Waals surface area contributed by atoms with Crippen molar-refractivity contribution < 1.29 is 14.7 Å². The molecular formula is C11H12N4O3S. The Hall–Kier alpha value is -2.22. The molecule has 0 radical (unpaired) electrons. The molecule has 0 spiro atoms. The topological polar surface area (TPSA) is 99.2 Å². The van der Waals surface area contributed by atoms with Crippen molar-refractivity contribution in [3.63, 3.8) is 0 Å². The lowest BCUT2D eigenvalue weighted by Gasteiger charge is -2.15. The molecule has 2 aromatic rings. The maximum atomic E-state index is 12.1. The number of likely N-dealkylation sites (N-methyl/N-ethyl adjacent to an activating group) is 1. The summed E-state index contributed by atoms with van der Waals surface area (Å²) in [4.78, 5) is 24.5. The number of nitrogens with zero attached hydrogens (tertiary/aromatic N) is 3. The molecule has 0 fully saturated rings. The van der Waals surface area contributed by atoms with Crippen molar-refractivity contribution >= 4 is 28.4 Å². The van der Waals surface area contributed by atoms with Crippen molar-refractivity contribution in [1.82, 2.24) is 14.6 Å². The van der Waals surface area contributed by atoms with Gasteiger partial charge in [-0.15, -0.1) is 0 Å². The summed E-state index contributed by atoms with van der Waals surface area (Å²) < 4.78 is 3.99. The highest BCUT2D eigenvalue weighted by Crippen LogP contribution is 2.28. The van der Waals surface area contributed by atoms with Crippen LogP contribution in [0, 0.1) is 6.92 Å². The fourth-order valence-corrected chi connectivity index (χ4v) is 2.48. The molecule has 0 aliphatic rings. The number of aryl methyl sites for hydroxylation is 1. The van der Waals surface area contributed by atoms with Crippen molar-refractivity contribution in [2.45, 2.75) is 13.3 Å². The smallest absolute Gasteiger partial charge is 0.340 e. The van der Waals surface area contributed by atoms with Gasteiger partial charge in [0.15, 0.2) is 0 Å². The molecule has 2 aromatic heterocycles. The fraction of sp³-hybridized carbons (Fsp3) is 0.273. The van der Waals surface area contributed by atoms with E-state index >= 15 is 0 Å². The van der Waals surface area contributed by atoms with Gasteiger partial charge in [0, 0.05) is 18.9 Å². The molecule has 7 nitrogen and oxygen atoms in total. The second-order valence-corrected chi connectivity index (χ2v) is 4.72. The summed E-state index contributed by atoms with van der Waals surface area (Å²) in [5.74, 6) is -1.31. The molecule has 0 atom stereocenters. The van der Waals surface area contributed by atoms with Crippen LogP contribution in [0.25, 0.3) is 0 Å². The third-order valence-corrected chi connectivity index (χ3v) is 3.65. The Kier molecular flexibility index (Phi) is 3.61. The summed E-state index contributed by atoms with van der Waals surface area (Å²) in [6.07, 6.45) is 1.69. The zero-order valence-electron chi connectivity index (χ0n) is 10.4. The molecule has 2 rings (SSSR count). The van der Waals surface area contributed by atoms with E-state index in [2.05, 4.69) is 14.6 Å². The van der Waals surface area contributed by atoms with Crippen molar-refractivity contribution in [2.75, 3.05) is 11.9 Å². The number of carbonyl (C=O) groups is 2. The van der Waals surface area contributed by atoms with E-state index in [4.69, 9.17) is 5.11 Å². The lowest BCUT2D eigenvalue weighted by atomic mass is 10.2. The van der Waals surface area contributed by atoms with Crippen LogP contribution in [0.1, 0.15) is 21.7 Å². The summed E-state index contributed by atoms with van der Waals surface area (Å²) in [5, 5.41) is 15.9. The molecule has 2 heterocycles. The SMILES string of the molecule is Cc1nsc(N(C)C(=O)Cc2ccn[nH]2)c1C(=O)O. The van der Waals surface area contributed by atoms with Crippen LogP contribution in [0.2, 0.25) is 0 Å². The Morgan fingerprint density at radius 2 is 2.26 bits per heavy atom. The van der Waals surface area contributed by atoms with Gasteiger partial charge in [-0.2, -0.15) is 9.47 Å². The van der Waals surface area contributed by atoms with E-state index < -0.39 is 5.97 Å². The lowest BCUT2D eigenvalue weighted by Crippen LogP contribution is -2.28. The van der Waals surface area contributed by atoms with E-state index in [1.54, 1.807) is 19.2 Å². The first kappa shape index (κ1) is 13.2. The molecule has 8 heteroatoms. The highest BCUT2D eigenvalue weighted by molar-refractivity contribution is 7.11. The second-order valence-electron chi connectivity index (χ2n) is 3.96. The molecular weight excluding hydrogens is 268 g/mol. The molecule has 1 amide bonds. The number of hydrogen-bond donors (Lipinski definition) is 2. The predicted molar refractivity (Wildman–Crippen MR) is 69.5 cm³/mol. The first-order valence-electron chi connectivity index (χ1n) is 5.45. The lowest BCUT2D eigenvalue weighted by molar-refractivity contribution is -0.117. The molecule has 2 N–H and O–H groups in total. The van der Waals surface area contributed by atoms with Crippen LogP contribution in [-0.2, 0) is 11.2 Å². The Labute approximate surface area is 113 Å². The first-order chi connectivity index (χ1) is 9.00. The number of carboxylic acid groups (broad SMARTS) is 1. The minimum atomic E-state index is -1.08. The van der Waals surface area contributed by atoms with E-state index in [1.165, 1.54) is 11.9 Å². The van der Waals surface area contributed by atoms with Gasteiger partial charge in [-0.1, -0.05) is 0 Å². The largest absolute Gasteiger partial charge is 0.478 e. The zero-order chi connectivity index (χ0) is 14.0. The van der Waals surface area contributed by atoms with Gasteiger partial charge in [0.2, 0.25) is 5.91 Å². The second kappa shape index (κ2) is 5.19. The first-order valence-corrected chi connectivity index (χ1v) is 6.22. The van der Waals surface area contributed by atoms with Gasteiger partial charge in [-0.05, 0) is 24.5 Å². The Bertz CT molecular complexity index is 605. The molecule has 100 valence electrons. The van der Waals surface area contributed by atoms with Crippen LogP contribution in [-0.4, -0.2) is 38.6 Å². The van der Waals surface area contributed by atoms with Gasteiger partial charge < -0.3 is 10.0 Å². The van der Waals surface area contributed by atoms with Gasteiger partial charge in [-0.3, -0.25) is 9.89 Å². The van der Waals surface area contributed by atoms with Crippen molar-refractivity contribution in [3.05, 3.63) is 29.2 Å². The van der Waals surface area contributed by atoms with Crippen LogP contribution < -0.4 is 4.90 Å². The number of amides is 1. The fourth-order valence-electron chi connectivity index (χ4n) is 1.61. The van der Waals surface area contributed by atoms with Crippen LogP contribution in [0.5, 0.6) is 0 Å². The minimum absolute atomic E-state index is 0.0745. The summed E-state index contributed by atoms with van der Waals surface area (Å²) in [6, 6.07) is 1.70. The van der Waals surface area contributed by atoms with E-state index in [9.17, 15) is 9.59 Å². The molecule has 0 saturated heterocycles. The van der Waals surface area contributed by atoms with Crippen LogP contribution in [0.3, 0.4) is 0 Å². The van der Waals surface area contributed by atoms with Gasteiger partial charge in [0.25, 0.3) is 0 Å². The average molecular weight is 280 g/mol. The van der Waals surface area contributed by atoms with E-state index in [0.717, 1.165) is 11.5 Å². The number of aromatic nitrogens is 3. The average Bonchev–Trinajstić information content (AvgIpc) is 2.97. The minimum Gasteiger partial charge on any atom is -0.478 e. The van der Waals surface area contributed by atoms with Crippen molar-refractivity contribution in [2.24, 2.45) is 0 Å². The van der Waals surface area contributed by atoms with Gasteiger partial charge in [0.05, 0.1) is 12.1 Å². The van der Waals surface area contributed by atoms with Crippen LogP contribution >= 0.6 is 11.5 Å². The number of hydrogen-bond acceptors (Lipinski definition) is 5. The summed E-state index contributed by atoms with van der Waals surface area (Å²) in [5.41, 5.74) is 1.16. The predicted octanol–water partition coefficient (Wildman–Crippen LogP) is 1.08. The Balaban J connectivity index is 2.22. The van der Waals surface area contributed by atoms with E-state index in [-0.39, 0.29) is 17.9 Å². The van der Waals surface area contributed by atoms with Crippen molar-refractivity contribution in [1.29, 1.82) is 0 Å². The normalized spacial score (nSPS) is 10.4. The number of aromatic amines is 1. The maximum Gasteiger partial charge on any atom is 0.340 e. The zero-order valence-corrected chi connectivity index (χ0v) is 11.2. The quantitative estimate of drug-likeness (QED) is 0.873.